The van der Waals surface area contributed by atoms with Crippen LogP contribution < -0.4 is 0 Å². The summed E-state index contributed by atoms with van der Waals surface area (Å²) in [5.41, 5.74) is 2.67. The van der Waals surface area contributed by atoms with Crippen molar-refractivity contribution in [1.29, 1.82) is 0 Å². The van der Waals surface area contributed by atoms with E-state index in [0.29, 0.717) is 0 Å². The van der Waals surface area contributed by atoms with Crippen LogP contribution in [0.3, 0.4) is 0 Å². The Morgan fingerprint density at radius 3 is 3.13 bits per heavy atom. The van der Waals surface area contributed by atoms with Gasteiger partial charge in [0.05, 0.1) is 11.2 Å². The van der Waals surface area contributed by atoms with E-state index in [1.165, 1.54) is 0 Å². The van der Waals surface area contributed by atoms with Gasteiger partial charge < -0.3 is 5.11 Å². The zero-order valence-corrected chi connectivity index (χ0v) is 8.21. The average Bonchev–Trinajstić information content (AvgIpc) is 2.55. The van der Waals surface area contributed by atoms with Gasteiger partial charge in [-0.2, -0.15) is 5.10 Å². The van der Waals surface area contributed by atoms with Crippen molar-refractivity contribution in [2.75, 3.05) is 0 Å². The Kier molecular flexibility index (Phi) is 2.25. The van der Waals surface area contributed by atoms with Crippen molar-refractivity contribution in [3.05, 3.63) is 41.7 Å². The second-order valence-corrected chi connectivity index (χ2v) is 3.25. The fourth-order valence-corrected chi connectivity index (χ4v) is 1.46. The number of hydrogen-bond donors (Lipinski definition) is 1. The number of hydrogen-bond acceptors (Lipinski definition) is 2. The van der Waals surface area contributed by atoms with Gasteiger partial charge in [0.15, 0.2) is 0 Å². The standard InChI is InChI=1S/C11H10N2O2/c1-8-7-10-9(4-5-11(14)15)3-2-6-13(10)12-8/h2-7H,1H3,(H,14,15). The van der Waals surface area contributed by atoms with Crippen molar-refractivity contribution in [2.24, 2.45) is 0 Å². The zero-order chi connectivity index (χ0) is 10.8. The van der Waals surface area contributed by atoms with E-state index >= 15 is 0 Å². The molecular formula is C11H10N2O2. The Hall–Kier alpha value is -2.10. The Bertz CT molecular complexity index is 541. The number of nitrogens with zero attached hydrogens (tertiary/aromatic N) is 2. The SMILES string of the molecule is Cc1cc2c(C=CC(=O)O)cccn2n1. The third kappa shape index (κ3) is 1.88. The van der Waals surface area contributed by atoms with Gasteiger partial charge in [-0.05, 0) is 25.1 Å². The van der Waals surface area contributed by atoms with E-state index in [2.05, 4.69) is 5.10 Å². The van der Waals surface area contributed by atoms with Crippen molar-refractivity contribution in [3.8, 4) is 0 Å². The highest BCUT2D eigenvalue weighted by atomic mass is 16.4. The molecule has 0 aliphatic rings. The molecule has 0 spiro atoms. The van der Waals surface area contributed by atoms with E-state index in [4.69, 9.17) is 5.11 Å². The number of pyridine rings is 1. The van der Waals surface area contributed by atoms with E-state index in [0.717, 1.165) is 22.9 Å². The van der Waals surface area contributed by atoms with Gasteiger partial charge >= 0.3 is 5.97 Å². The minimum atomic E-state index is -0.951. The summed E-state index contributed by atoms with van der Waals surface area (Å²) in [6.07, 6.45) is 4.52. The van der Waals surface area contributed by atoms with Crippen LogP contribution in [0.2, 0.25) is 0 Å². The topological polar surface area (TPSA) is 54.6 Å². The maximum atomic E-state index is 10.4. The number of carboxylic acid groups (broad SMARTS) is 1. The number of carboxylic acids is 1. The lowest BCUT2D eigenvalue weighted by Crippen LogP contribution is -1.89. The predicted octanol–water partition coefficient (Wildman–Crippen LogP) is 1.74. The van der Waals surface area contributed by atoms with Crippen molar-refractivity contribution >= 4 is 17.6 Å². The Morgan fingerprint density at radius 1 is 1.60 bits per heavy atom. The van der Waals surface area contributed by atoms with Gasteiger partial charge in [0, 0.05) is 17.8 Å². The fourth-order valence-electron chi connectivity index (χ4n) is 1.46. The molecule has 76 valence electrons. The van der Waals surface area contributed by atoms with Gasteiger partial charge in [-0.15, -0.1) is 0 Å². The number of rotatable bonds is 2. The summed E-state index contributed by atoms with van der Waals surface area (Å²) in [6.45, 7) is 1.90. The Morgan fingerprint density at radius 2 is 2.40 bits per heavy atom. The Labute approximate surface area is 86.5 Å². The molecule has 0 aliphatic heterocycles. The lowest BCUT2D eigenvalue weighted by Gasteiger charge is -1.96. The first-order valence-corrected chi connectivity index (χ1v) is 4.53. The van der Waals surface area contributed by atoms with Crippen molar-refractivity contribution < 1.29 is 9.90 Å². The molecule has 2 rings (SSSR count). The van der Waals surface area contributed by atoms with Crippen LogP contribution in [0, 0.1) is 6.92 Å². The van der Waals surface area contributed by atoms with E-state index in [1.54, 1.807) is 10.6 Å². The first-order chi connectivity index (χ1) is 7.16. The summed E-state index contributed by atoms with van der Waals surface area (Å²) in [6, 6.07) is 5.61. The molecule has 0 bridgehead atoms. The number of aryl methyl sites for hydroxylation is 1. The van der Waals surface area contributed by atoms with Crippen LogP contribution in [0.15, 0.2) is 30.5 Å². The molecule has 0 fully saturated rings. The summed E-state index contributed by atoms with van der Waals surface area (Å²) >= 11 is 0. The normalized spacial score (nSPS) is 11.3. The molecule has 0 aromatic carbocycles. The summed E-state index contributed by atoms with van der Waals surface area (Å²) < 4.78 is 1.73. The Balaban J connectivity index is 2.55. The van der Waals surface area contributed by atoms with Crippen molar-refractivity contribution in [2.45, 2.75) is 6.92 Å². The molecule has 0 saturated heterocycles. The highest BCUT2D eigenvalue weighted by Crippen LogP contribution is 2.13. The summed E-state index contributed by atoms with van der Waals surface area (Å²) in [5.74, 6) is -0.951. The molecule has 0 saturated carbocycles. The van der Waals surface area contributed by atoms with Crippen LogP contribution in [-0.4, -0.2) is 20.7 Å². The van der Waals surface area contributed by atoms with Gasteiger partial charge in [-0.3, -0.25) is 0 Å². The van der Waals surface area contributed by atoms with Gasteiger partial charge in [0.1, 0.15) is 0 Å². The highest BCUT2D eigenvalue weighted by molar-refractivity contribution is 5.87. The molecule has 0 amide bonds. The summed E-state index contributed by atoms with van der Waals surface area (Å²) in [4.78, 5) is 10.4. The van der Waals surface area contributed by atoms with Crippen LogP contribution in [-0.2, 0) is 4.79 Å². The first-order valence-electron chi connectivity index (χ1n) is 4.53. The fraction of sp³-hybridized carbons (Fsp3) is 0.0909. The third-order valence-corrected chi connectivity index (χ3v) is 2.06. The smallest absolute Gasteiger partial charge is 0.328 e. The lowest BCUT2D eigenvalue weighted by atomic mass is 10.2. The molecule has 0 unspecified atom stereocenters. The van der Waals surface area contributed by atoms with Crippen molar-refractivity contribution in [1.82, 2.24) is 9.61 Å². The second kappa shape index (κ2) is 3.57. The average molecular weight is 202 g/mol. The molecule has 4 nitrogen and oxygen atoms in total. The number of carbonyl (C=O) groups is 1. The quantitative estimate of drug-likeness (QED) is 0.754. The minimum absolute atomic E-state index is 0.848. The molecule has 1 N–H and O–H groups in total. The number of fused-ring (bicyclic) bond motifs is 1. The molecule has 2 aromatic rings. The van der Waals surface area contributed by atoms with E-state index < -0.39 is 5.97 Å². The van der Waals surface area contributed by atoms with Crippen LogP contribution in [0.4, 0.5) is 0 Å². The van der Waals surface area contributed by atoms with Crippen LogP contribution in [0.1, 0.15) is 11.3 Å². The minimum Gasteiger partial charge on any atom is -0.478 e. The molecule has 0 radical (unpaired) electrons. The molecular weight excluding hydrogens is 192 g/mol. The zero-order valence-electron chi connectivity index (χ0n) is 8.21. The monoisotopic (exact) mass is 202 g/mol. The van der Waals surface area contributed by atoms with E-state index in [-0.39, 0.29) is 0 Å². The van der Waals surface area contributed by atoms with Gasteiger partial charge in [0.25, 0.3) is 0 Å². The third-order valence-electron chi connectivity index (χ3n) is 2.06. The van der Waals surface area contributed by atoms with Crippen LogP contribution >= 0.6 is 0 Å². The number of aromatic nitrogens is 2. The molecule has 15 heavy (non-hydrogen) atoms. The molecule has 4 heteroatoms. The van der Waals surface area contributed by atoms with E-state index in [9.17, 15) is 4.79 Å². The number of aliphatic carboxylic acids is 1. The molecule has 2 heterocycles. The largest absolute Gasteiger partial charge is 0.478 e. The van der Waals surface area contributed by atoms with Gasteiger partial charge in [0.2, 0.25) is 0 Å². The molecule has 0 aliphatic carbocycles. The molecule has 0 atom stereocenters. The maximum Gasteiger partial charge on any atom is 0.328 e. The second-order valence-electron chi connectivity index (χ2n) is 3.25. The maximum absolute atomic E-state index is 10.4. The first kappa shape index (κ1) is 9.45. The molecule has 2 aromatic heterocycles. The van der Waals surface area contributed by atoms with Crippen LogP contribution in [0.25, 0.3) is 11.6 Å². The van der Waals surface area contributed by atoms with Crippen molar-refractivity contribution in [3.63, 3.8) is 0 Å². The highest BCUT2D eigenvalue weighted by Gasteiger charge is 2.00. The van der Waals surface area contributed by atoms with Gasteiger partial charge in [-0.1, -0.05) is 6.07 Å². The summed E-state index contributed by atoms with van der Waals surface area (Å²) in [5, 5.41) is 12.8. The van der Waals surface area contributed by atoms with Crippen LogP contribution in [0.5, 0.6) is 0 Å². The van der Waals surface area contributed by atoms with Gasteiger partial charge in [-0.25, -0.2) is 9.31 Å². The predicted molar refractivity (Wildman–Crippen MR) is 56.6 cm³/mol. The summed E-state index contributed by atoms with van der Waals surface area (Å²) in [7, 11) is 0. The lowest BCUT2D eigenvalue weighted by molar-refractivity contribution is -0.131. The van der Waals surface area contributed by atoms with E-state index in [1.807, 2.05) is 31.3 Å².